The monoisotopic (exact) mass is 284 g/mol. The number of H-pyrrole nitrogens is 1. The SMILES string of the molecule is CCCC1CCN(C(=O)c2cc(Br)c[nH]2)C1. The topological polar surface area (TPSA) is 36.1 Å². The maximum atomic E-state index is 12.1. The molecule has 1 N–H and O–H groups in total. The molecule has 0 bridgehead atoms. The summed E-state index contributed by atoms with van der Waals surface area (Å²) in [4.78, 5) is 17.0. The zero-order chi connectivity index (χ0) is 11.5. The van der Waals surface area contributed by atoms with Gasteiger partial charge in [-0.3, -0.25) is 4.79 Å². The molecular formula is C12H17BrN2O. The first-order valence-electron chi connectivity index (χ1n) is 5.84. The Morgan fingerprint density at radius 3 is 3.12 bits per heavy atom. The van der Waals surface area contributed by atoms with Crippen LogP contribution in [0.4, 0.5) is 0 Å². The van der Waals surface area contributed by atoms with Crippen molar-refractivity contribution in [3.05, 3.63) is 22.4 Å². The van der Waals surface area contributed by atoms with E-state index in [2.05, 4.69) is 27.8 Å². The van der Waals surface area contributed by atoms with Crippen LogP contribution in [0.1, 0.15) is 36.7 Å². The molecule has 1 amide bonds. The van der Waals surface area contributed by atoms with Gasteiger partial charge in [0.1, 0.15) is 5.69 Å². The highest BCUT2D eigenvalue weighted by molar-refractivity contribution is 9.10. The van der Waals surface area contributed by atoms with Gasteiger partial charge < -0.3 is 9.88 Å². The molecule has 1 unspecified atom stereocenters. The lowest BCUT2D eigenvalue weighted by molar-refractivity contribution is 0.0781. The minimum Gasteiger partial charge on any atom is -0.356 e. The third-order valence-electron chi connectivity index (χ3n) is 3.15. The molecule has 1 aliphatic heterocycles. The predicted octanol–water partition coefficient (Wildman–Crippen LogP) is 3.04. The van der Waals surface area contributed by atoms with Crippen LogP contribution in [0.25, 0.3) is 0 Å². The van der Waals surface area contributed by atoms with E-state index in [0.29, 0.717) is 11.6 Å². The molecule has 1 aromatic rings. The maximum absolute atomic E-state index is 12.1. The van der Waals surface area contributed by atoms with Crippen LogP contribution in [0, 0.1) is 5.92 Å². The van der Waals surface area contributed by atoms with Crippen molar-refractivity contribution < 1.29 is 4.79 Å². The average Bonchev–Trinajstić information content (AvgIpc) is 2.87. The van der Waals surface area contributed by atoms with Crippen LogP contribution in [0.15, 0.2) is 16.7 Å². The van der Waals surface area contributed by atoms with E-state index in [-0.39, 0.29) is 5.91 Å². The van der Waals surface area contributed by atoms with Crippen LogP contribution in [-0.2, 0) is 0 Å². The van der Waals surface area contributed by atoms with E-state index in [9.17, 15) is 4.79 Å². The van der Waals surface area contributed by atoms with Gasteiger partial charge in [0.2, 0.25) is 0 Å². The quantitative estimate of drug-likeness (QED) is 0.910. The van der Waals surface area contributed by atoms with Crippen LogP contribution in [0.2, 0.25) is 0 Å². The highest BCUT2D eigenvalue weighted by Crippen LogP contribution is 2.22. The summed E-state index contributed by atoms with van der Waals surface area (Å²) in [6.07, 6.45) is 5.40. The van der Waals surface area contributed by atoms with Crippen molar-refractivity contribution in [3.8, 4) is 0 Å². The number of hydrogen-bond donors (Lipinski definition) is 1. The van der Waals surface area contributed by atoms with Crippen LogP contribution in [-0.4, -0.2) is 28.9 Å². The Morgan fingerprint density at radius 2 is 2.50 bits per heavy atom. The lowest BCUT2D eigenvalue weighted by atomic mass is 10.0. The number of hydrogen-bond acceptors (Lipinski definition) is 1. The van der Waals surface area contributed by atoms with E-state index in [0.717, 1.165) is 24.0 Å². The van der Waals surface area contributed by atoms with E-state index < -0.39 is 0 Å². The van der Waals surface area contributed by atoms with Gasteiger partial charge in [-0.15, -0.1) is 0 Å². The van der Waals surface area contributed by atoms with Crippen molar-refractivity contribution in [2.24, 2.45) is 5.92 Å². The lowest BCUT2D eigenvalue weighted by Crippen LogP contribution is -2.28. The predicted molar refractivity (Wildman–Crippen MR) is 67.4 cm³/mol. The molecule has 16 heavy (non-hydrogen) atoms. The number of nitrogens with one attached hydrogen (secondary N) is 1. The number of likely N-dealkylation sites (tertiary alicyclic amines) is 1. The highest BCUT2D eigenvalue weighted by atomic mass is 79.9. The Labute approximate surface area is 104 Å². The third-order valence-corrected chi connectivity index (χ3v) is 3.61. The van der Waals surface area contributed by atoms with Crippen molar-refractivity contribution in [1.82, 2.24) is 9.88 Å². The number of halogens is 1. The molecule has 1 aliphatic rings. The smallest absolute Gasteiger partial charge is 0.270 e. The number of carbonyl (C=O) groups is 1. The minimum absolute atomic E-state index is 0.129. The Morgan fingerprint density at radius 1 is 1.69 bits per heavy atom. The molecule has 1 aromatic heterocycles. The molecule has 0 saturated carbocycles. The summed E-state index contributed by atoms with van der Waals surface area (Å²) < 4.78 is 0.931. The molecule has 88 valence electrons. The van der Waals surface area contributed by atoms with E-state index in [1.807, 2.05) is 11.0 Å². The van der Waals surface area contributed by atoms with Gasteiger partial charge in [-0.05, 0) is 40.8 Å². The zero-order valence-corrected chi connectivity index (χ0v) is 11.1. The van der Waals surface area contributed by atoms with Gasteiger partial charge in [-0.1, -0.05) is 13.3 Å². The Kier molecular flexibility index (Phi) is 3.69. The molecule has 2 rings (SSSR count). The van der Waals surface area contributed by atoms with Crippen LogP contribution < -0.4 is 0 Å². The van der Waals surface area contributed by atoms with Crippen molar-refractivity contribution >= 4 is 21.8 Å². The lowest BCUT2D eigenvalue weighted by Gasteiger charge is -2.15. The molecule has 0 spiro atoms. The summed E-state index contributed by atoms with van der Waals surface area (Å²) in [5.74, 6) is 0.830. The number of aromatic nitrogens is 1. The molecule has 3 nitrogen and oxygen atoms in total. The second kappa shape index (κ2) is 5.04. The summed E-state index contributed by atoms with van der Waals surface area (Å²) in [7, 11) is 0. The molecular weight excluding hydrogens is 268 g/mol. The first-order chi connectivity index (χ1) is 7.70. The van der Waals surface area contributed by atoms with Crippen LogP contribution in [0.5, 0.6) is 0 Å². The Hall–Kier alpha value is -0.770. The summed E-state index contributed by atoms with van der Waals surface area (Å²) in [6, 6.07) is 1.84. The average molecular weight is 285 g/mol. The molecule has 1 fully saturated rings. The number of aromatic amines is 1. The normalized spacial score (nSPS) is 20.4. The molecule has 0 aliphatic carbocycles. The molecule has 0 aromatic carbocycles. The summed E-state index contributed by atoms with van der Waals surface area (Å²) in [5, 5.41) is 0. The highest BCUT2D eigenvalue weighted by Gasteiger charge is 2.26. The first kappa shape index (κ1) is 11.7. The van der Waals surface area contributed by atoms with Crippen molar-refractivity contribution in [2.75, 3.05) is 13.1 Å². The fraction of sp³-hybridized carbons (Fsp3) is 0.583. The van der Waals surface area contributed by atoms with Crippen molar-refractivity contribution in [1.29, 1.82) is 0 Å². The van der Waals surface area contributed by atoms with E-state index in [1.165, 1.54) is 12.8 Å². The number of nitrogens with zero attached hydrogens (tertiary/aromatic N) is 1. The fourth-order valence-corrected chi connectivity index (χ4v) is 2.67. The molecule has 4 heteroatoms. The standard InChI is InChI=1S/C12H17BrN2O/c1-2-3-9-4-5-15(8-9)12(16)11-6-10(13)7-14-11/h6-7,9,14H,2-5,8H2,1H3. The molecule has 1 saturated heterocycles. The maximum Gasteiger partial charge on any atom is 0.270 e. The number of rotatable bonds is 3. The van der Waals surface area contributed by atoms with Crippen LogP contribution >= 0.6 is 15.9 Å². The van der Waals surface area contributed by atoms with Crippen LogP contribution in [0.3, 0.4) is 0 Å². The first-order valence-corrected chi connectivity index (χ1v) is 6.63. The number of amides is 1. The van der Waals surface area contributed by atoms with E-state index in [1.54, 1.807) is 6.20 Å². The Balaban J connectivity index is 1.97. The minimum atomic E-state index is 0.129. The van der Waals surface area contributed by atoms with Gasteiger partial charge in [0, 0.05) is 23.8 Å². The number of carbonyl (C=O) groups excluding carboxylic acids is 1. The molecule has 0 radical (unpaired) electrons. The third kappa shape index (κ3) is 2.48. The summed E-state index contributed by atoms with van der Waals surface area (Å²) in [6.45, 7) is 4.02. The second-order valence-corrected chi connectivity index (χ2v) is 5.34. The molecule has 2 heterocycles. The fourth-order valence-electron chi connectivity index (χ4n) is 2.32. The van der Waals surface area contributed by atoms with Crippen molar-refractivity contribution in [2.45, 2.75) is 26.2 Å². The summed E-state index contributed by atoms with van der Waals surface area (Å²) >= 11 is 3.34. The van der Waals surface area contributed by atoms with Gasteiger partial charge in [-0.25, -0.2) is 0 Å². The Bertz CT molecular complexity index is 375. The van der Waals surface area contributed by atoms with Gasteiger partial charge in [0.25, 0.3) is 5.91 Å². The largest absolute Gasteiger partial charge is 0.356 e. The van der Waals surface area contributed by atoms with Crippen molar-refractivity contribution in [3.63, 3.8) is 0 Å². The molecule has 1 atom stereocenters. The van der Waals surface area contributed by atoms with E-state index in [4.69, 9.17) is 0 Å². The van der Waals surface area contributed by atoms with E-state index >= 15 is 0 Å². The van der Waals surface area contributed by atoms with Gasteiger partial charge in [-0.2, -0.15) is 0 Å². The van der Waals surface area contributed by atoms with Gasteiger partial charge in [0.05, 0.1) is 0 Å². The second-order valence-electron chi connectivity index (χ2n) is 4.43. The summed E-state index contributed by atoms with van der Waals surface area (Å²) in [5.41, 5.74) is 0.684. The van der Waals surface area contributed by atoms with Gasteiger partial charge in [0.15, 0.2) is 0 Å². The van der Waals surface area contributed by atoms with Gasteiger partial charge >= 0.3 is 0 Å². The zero-order valence-electron chi connectivity index (χ0n) is 9.50.